The number of hydrogen-bond acceptors (Lipinski definition) is 4. The van der Waals surface area contributed by atoms with Crippen LogP contribution in [0.1, 0.15) is 26.3 Å². The first-order chi connectivity index (χ1) is 13.9. The van der Waals surface area contributed by atoms with Gasteiger partial charge in [-0.15, -0.1) is 0 Å². The fourth-order valence-electron chi connectivity index (χ4n) is 3.13. The molecule has 1 N–H and O–H groups in total. The molecule has 29 heavy (non-hydrogen) atoms. The number of benzene rings is 2. The number of nitrogens with zero attached hydrogens (tertiary/aromatic N) is 2. The van der Waals surface area contributed by atoms with Gasteiger partial charge in [0, 0.05) is 25.3 Å². The third kappa shape index (κ3) is 6.66. The maximum atomic E-state index is 12.7. The van der Waals surface area contributed by atoms with Crippen molar-refractivity contribution in [3.05, 3.63) is 60.2 Å². The zero-order valence-electron chi connectivity index (χ0n) is 17.5. The van der Waals surface area contributed by atoms with Crippen LogP contribution in [0.25, 0.3) is 0 Å². The van der Waals surface area contributed by atoms with Gasteiger partial charge in [0.15, 0.2) is 0 Å². The third-order valence-corrected chi connectivity index (χ3v) is 6.88. The van der Waals surface area contributed by atoms with E-state index in [1.807, 2.05) is 39.0 Å². The number of carbonyl (C=O) groups excluding carboxylic acids is 1. The van der Waals surface area contributed by atoms with Crippen LogP contribution in [0.15, 0.2) is 59.5 Å². The molecule has 0 radical (unpaired) electrons. The standard InChI is InChI=1S/C22H31N3O3S/c1-4-24(16-15-19-11-8-7-9-12-19)18-22(26)23-20-13-10-14-21(17-20)29(27,28)25(5-2)6-3/h7-14,17H,4-6,15-16,18H2,1-3H3,(H,23,26). The second kappa shape index (κ2) is 11.1. The van der Waals surface area contributed by atoms with Gasteiger partial charge in [0.25, 0.3) is 0 Å². The zero-order valence-corrected chi connectivity index (χ0v) is 18.3. The van der Waals surface area contributed by atoms with Crippen molar-refractivity contribution >= 4 is 21.6 Å². The molecule has 0 fully saturated rings. The quantitative estimate of drug-likeness (QED) is 0.609. The van der Waals surface area contributed by atoms with Crippen LogP contribution in [0.3, 0.4) is 0 Å². The van der Waals surface area contributed by atoms with Crippen molar-refractivity contribution in [2.75, 3.05) is 38.0 Å². The molecule has 0 bridgehead atoms. The van der Waals surface area contributed by atoms with Gasteiger partial charge in [0.1, 0.15) is 0 Å². The number of sulfonamides is 1. The Morgan fingerprint density at radius 3 is 2.24 bits per heavy atom. The van der Waals surface area contributed by atoms with Crippen LogP contribution >= 0.6 is 0 Å². The highest BCUT2D eigenvalue weighted by molar-refractivity contribution is 7.89. The second-order valence-electron chi connectivity index (χ2n) is 6.77. The van der Waals surface area contributed by atoms with Gasteiger partial charge in [-0.2, -0.15) is 4.31 Å². The molecule has 158 valence electrons. The van der Waals surface area contributed by atoms with Crippen LogP contribution < -0.4 is 5.32 Å². The normalized spacial score (nSPS) is 11.8. The lowest BCUT2D eigenvalue weighted by atomic mass is 10.1. The lowest BCUT2D eigenvalue weighted by Gasteiger charge is -2.20. The molecule has 0 saturated carbocycles. The van der Waals surface area contributed by atoms with Crippen molar-refractivity contribution < 1.29 is 13.2 Å². The molecule has 0 atom stereocenters. The minimum atomic E-state index is -3.55. The molecule has 0 heterocycles. The van der Waals surface area contributed by atoms with E-state index in [9.17, 15) is 13.2 Å². The summed E-state index contributed by atoms with van der Waals surface area (Å²) >= 11 is 0. The van der Waals surface area contributed by atoms with Gasteiger partial charge in [-0.25, -0.2) is 8.42 Å². The van der Waals surface area contributed by atoms with Gasteiger partial charge in [-0.1, -0.05) is 57.2 Å². The van der Waals surface area contributed by atoms with E-state index in [-0.39, 0.29) is 17.3 Å². The van der Waals surface area contributed by atoms with Crippen molar-refractivity contribution in [3.63, 3.8) is 0 Å². The van der Waals surface area contributed by atoms with Crippen molar-refractivity contribution in [3.8, 4) is 0 Å². The minimum Gasteiger partial charge on any atom is -0.325 e. The van der Waals surface area contributed by atoms with E-state index in [0.29, 0.717) is 18.8 Å². The Morgan fingerprint density at radius 1 is 0.931 bits per heavy atom. The Balaban J connectivity index is 1.99. The summed E-state index contributed by atoms with van der Waals surface area (Å²) in [5.41, 5.74) is 1.73. The van der Waals surface area contributed by atoms with Gasteiger partial charge in [-0.05, 0) is 36.7 Å². The topological polar surface area (TPSA) is 69.7 Å². The molecule has 0 aromatic heterocycles. The fraction of sp³-hybridized carbons (Fsp3) is 0.409. The summed E-state index contributed by atoms with van der Waals surface area (Å²) in [6, 6.07) is 16.6. The fourth-order valence-corrected chi connectivity index (χ4v) is 4.64. The molecule has 0 spiro atoms. The first-order valence-corrected chi connectivity index (χ1v) is 11.5. The summed E-state index contributed by atoms with van der Waals surface area (Å²) in [5.74, 6) is -0.155. The van der Waals surface area contributed by atoms with Crippen molar-refractivity contribution in [2.24, 2.45) is 0 Å². The summed E-state index contributed by atoms with van der Waals surface area (Å²) in [5, 5.41) is 2.83. The van der Waals surface area contributed by atoms with Crippen LogP contribution in [0.5, 0.6) is 0 Å². The Hall–Kier alpha value is -2.22. The highest BCUT2D eigenvalue weighted by Gasteiger charge is 2.22. The van der Waals surface area contributed by atoms with E-state index >= 15 is 0 Å². The first kappa shape index (κ1) is 23.1. The predicted octanol–water partition coefficient (Wildman–Crippen LogP) is 3.22. The van der Waals surface area contributed by atoms with Crippen LogP contribution in [-0.4, -0.2) is 56.3 Å². The van der Waals surface area contributed by atoms with E-state index < -0.39 is 10.0 Å². The van der Waals surface area contributed by atoms with Gasteiger partial charge in [0.05, 0.1) is 11.4 Å². The lowest BCUT2D eigenvalue weighted by molar-refractivity contribution is -0.117. The molecule has 0 aliphatic rings. The third-order valence-electron chi connectivity index (χ3n) is 4.83. The SMILES string of the molecule is CCN(CCc1ccccc1)CC(=O)Nc1cccc(S(=O)(=O)N(CC)CC)c1. The molecule has 0 aliphatic carbocycles. The number of rotatable bonds is 11. The molecule has 2 aromatic rings. The molecule has 0 aliphatic heterocycles. The number of likely N-dealkylation sites (N-methyl/N-ethyl adjacent to an activating group) is 1. The number of nitrogens with one attached hydrogen (secondary N) is 1. The van der Waals surface area contributed by atoms with E-state index in [4.69, 9.17) is 0 Å². The minimum absolute atomic E-state index is 0.155. The summed E-state index contributed by atoms with van der Waals surface area (Å²) in [7, 11) is -3.55. The van der Waals surface area contributed by atoms with Crippen LogP contribution in [0, 0.1) is 0 Å². The van der Waals surface area contributed by atoms with Gasteiger partial charge >= 0.3 is 0 Å². The molecule has 0 unspecified atom stereocenters. The summed E-state index contributed by atoms with van der Waals surface area (Å²) in [6.45, 7) is 8.25. The average Bonchev–Trinajstić information content (AvgIpc) is 2.72. The smallest absolute Gasteiger partial charge is 0.243 e. The van der Waals surface area contributed by atoms with Gasteiger partial charge < -0.3 is 5.32 Å². The van der Waals surface area contributed by atoms with E-state index in [0.717, 1.165) is 19.5 Å². The van der Waals surface area contributed by atoms with Crippen LogP contribution in [0.2, 0.25) is 0 Å². The highest BCUT2D eigenvalue weighted by atomic mass is 32.2. The molecule has 2 aromatic carbocycles. The predicted molar refractivity (Wildman–Crippen MR) is 117 cm³/mol. The summed E-state index contributed by atoms with van der Waals surface area (Å²) < 4.78 is 26.8. The number of anilines is 1. The number of carbonyl (C=O) groups is 1. The second-order valence-corrected chi connectivity index (χ2v) is 8.71. The maximum Gasteiger partial charge on any atom is 0.243 e. The summed E-state index contributed by atoms with van der Waals surface area (Å²) in [4.78, 5) is 14.7. The summed E-state index contributed by atoms with van der Waals surface area (Å²) in [6.07, 6.45) is 0.875. The van der Waals surface area contributed by atoms with Crippen LogP contribution in [-0.2, 0) is 21.2 Å². The highest BCUT2D eigenvalue weighted by Crippen LogP contribution is 2.19. The Morgan fingerprint density at radius 2 is 1.62 bits per heavy atom. The lowest BCUT2D eigenvalue weighted by Crippen LogP contribution is -2.34. The molecule has 1 amide bonds. The van der Waals surface area contributed by atoms with Crippen molar-refractivity contribution in [1.29, 1.82) is 0 Å². The molecule has 6 nitrogen and oxygen atoms in total. The van der Waals surface area contributed by atoms with Crippen molar-refractivity contribution in [2.45, 2.75) is 32.1 Å². The molecular formula is C22H31N3O3S. The number of amides is 1. The van der Waals surface area contributed by atoms with Gasteiger partial charge in [0.2, 0.25) is 15.9 Å². The molecular weight excluding hydrogens is 386 g/mol. The molecule has 7 heteroatoms. The number of hydrogen-bond donors (Lipinski definition) is 1. The monoisotopic (exact) mass is 417 g/mol. The van der Waals surface area contributed by atoms with Gasteiger partial charge in [-0.3, -0.25) is 9.69 Å². The van der Waals surface area contributed by atoms with Crippen LogP contribution in [0.4, 0.5) is 5.69 Å². The molecule has 2 rings (SSSR count). The Labute approximate surface area is 174 Å². The Kier molecular flexibility index (Phi) is 8.82. The van der Waals surface area contributed by atoms with Crippen molar-refractivity contribution in [1.82, 2.24) is 9.21 Å². The Bertz CT molecular complexity index is 881. The first-order valence-electron chi connectivity index (χ1n) is 10.1. The maximum absolute atomic E-state index is 12.7. The van der Waals surface area contributed by atoms with E-state index in [2.05, 4.69) is 22.3 Å². The molecule has 0 saturated heterocycles. The van der Waals surface area contributed by atoms with E-state index in [1.54, 1.807) is 18.2 Å². The zero-order chi connectivity index (χ0) is 21.3. The largest absolute Gasteiger partial charge is 0.325 e. The average molecular weight is 418 g/mol. The van der Waals surface area contributed by atoms with E-state index in [1.165, 1.54) is 15.9 Å².